The van der Waals surface area contributed by atoms with Gasteiger partial charge in [0, 0.05) is 23.7 Å². The molecular weight excluding hydrogens is 258 g/mol. The van der Waals surface area contributed by atoms with Gasteiger partial charge in [-0.05, 0) is 35.4 Å². The van der Waals surface area contributed by atoms with Crippen molar-refractivity contribution in [1.29, 1.82) is 0 Å². The van der Waals surface area contributed by atoms with Crippen LogP contribution >= 0.6 is 11.6 Å². The summed E-state index contributed by atoms with van der Waals surface area (Å²) in [6.45, 7) is 1.55. The molecule has 1 aliphatic heterocycles. The van der Waals surface area contributed by atoms with Gasteiger partial charge in [0.05, 0.1) is 5.69 Å². The number of anilines is 1. The van der Waals surface area contributed by atoms with Crippen LogP contribution in [0.1, 0.15) is 12.5 Å². The summed E-state index contributed by atoms with van der Waals surface area (Å²) in [6.07, 6.45) is 3.76. The molecule has 0 radical (unpaired) electrons. The van der Waals surface area contributed by atoms with Crippen LogP contribution in [0.4, 0.5) is 5.69 Å². The lowest BCUT2D eigenvalue weighted by Gasteiger charge is -2.18. The molecule has 1 aliphatic rings. The van der Waals surface area contributed by atoms with Crippen molar-refractivity contribution in [3.05, 3.63) is 59.3 Å². The fraction of sp³-hybridized carbons (Fsp3) is 0.0625. The fourth-order valence-corrected chi connectivity index (χ4v) is 2.50. The standard InChI is InChI=1S/C16H12ClNO/c1-11(19)18-9-8-12-4-2-3-5-14(12)15-10-13(17)6-7-16(15)18/h2-10H,1H3. The maximum atomic E-state index is 11.8. The molecule has 0 saturated heterocycles. The van der Waals surface area contributed by atoms with Gasteiger partial charge >= 0.3 is 0 Å². The maximum Gasteiger partial charge on any atom is 0.227 e. The van der Waals surface area contributed by atoms with E-state index in [2.05, 4.69) is 0 Å². The van der Waals surface area contributed by atoms with Crippen LogP contribution < -0.4 is 4.90 Å². The molecule has 19 heavy (non-hydrogen) atoms. The van der Waals surface area contributed by atoms with Crippen LogP contribution in [0.25, 0.3) is 17.2 Å². The van der Waals surface area contributed by atoms with Crippen molar-refractivity contribution in [2.45, 2.75) is 6.92 Å². The number of amides is 1. The minimum Gasteiger partial charge on any atom is -0.287 e. The Bertz CT molecular complexity index is 691. The highest BCUT2D eigenvalue weighted by atomic mass is 35.5. The Hall–Kier alpha value is -2.06. The van der Waals surface area contributed by atoms with Gasteiger partial charge in [0.2, 0.25) is 5.91 Å². The van der Waals surface area contributed by atoms with Crippen molar-refractivity contribution in [2.24, 2.45) is 0 Å². The largest absolute Gasteiger partial charge is 0.287 e. The zero-order valence-electron chi connectivity index (χ0n) is 10.4. The van der Waals surface area contributed by atoms with Gasteiger partial charge in [-0.15, -0.1) is 0 Å². The Morgan fingerprint density at radius 2 is 1.89 bits per heavy atom. The van der Waals surface area contributed by atoms with Gasteiger partial charge in [0.15, 0.2) is 0 Å². The zero-order valence-corrected chi connectivity index (χ0v) is 11.2. The third-order valence-electron chi connectivity index (χ3n) is 3.21. The van der Waals surface area contributed by atoms with E-state index < -0.39 is 0 Å². The average molecular weight is 270 g/mol. The van der Waals surface area contributed by atoms with Crippen molar-refractivity contribution in [3.63, 3.8) is 0 Å². The van der Waals surface area contributed by atoms with Crippen LogP contribution in [-0.4, -0.2) is 5.91 Å². The van der Waals surface area contributed by atoms with Gasteiger partial charge in [-0.1, -0.05) is 35.9 Å². The second-order valence-corrected chi connectivity index (χ2v) is 4.89. The summed E-state index contributed by atoms with van der Waals surface area (Å²) >= 11 is 6.10. The van der Waals surface area contributed by atoms with Crippen molar-refractivity contribution < 1.29 is 4.79 Å². The maximum absolute atomic E-state index is 11.8. The van der Waals surface area contributed by atoms with Crippen LogP contribution in [0, 0.1) is 0 Å². The zero-order chi connectivity index (χ0) is 13.4. The van der Waals surface area contributed by atoms with Gasteiger partial charge in [-0.2, -0.15) is 0 Å². The Morgan fingerprint density at radius 3 is 2.68 bits per heavy atom. The highest BCUT2D eigenvalue weighted by molar-refractivity contribution is 6.31. The smallest absolute Gasteiger partial charge is 0.227 e. The van der Waals surface area contributed by atoms with E-state index in [4.69, 9.17) is 11.6 Å². The molecule has 0 N–H and O–H groups in total. The van der Waals surface area contributed by atoms with Crippen LogP contribution in [0.15, 0.2) is 48.7 Å². The van der Waals surface area contributed by atoms with E-state index in [-0.39, 0.29) is 5.91 Å². The minimum absolute atomic E-state index is 0.0207. The van der Waals surface area contributed by atoms with Gasteiger partial charge in [0.1, 0.15) is 0 Å². The summed E-state index contributed by atoms with van der Waals surface area (Å²) in [6, 6.07) is 13.6. The van der Waals surface area contributed by atoms with Crippen LogP contribution in [-0.2, 0) is 4.79 Å². The first-order valence-electron chi connectivity index (χ1n) is 6.04. The molecule has 2 aromatic carbocycles. The molecule has 3 heteroatoms. The molecular formula is C16H12ClNO. The minimum atomic E-state index is -0.0207. The molecule has 0 aliphatic carbocycles. The highest BCUT2D eigenvalue weighted by Crippen LogP contribution is 2.38. The molecule has 1 amide bonds. The summed E-state index contributed by atoms with van der Waals surface area (Å²) in [5.41, 5.74) is 4.00. The molecule has 0 aromatic heterocycles. The van der Waals surface area contributed by atoms with E-state index in [0.717, 1.165) is 22.4 Å². The van der Waals surface area contributed by atoms with Gasteiger partial charge in [-0.25, -0.2) is 0 Å². The van der Waals surface area contributed by atoms with Crippen LogP contribution in [0.3, 0.4) is 0 Å². The Labute approximate surface area is 116 Å². The first kappa shape index (κ1) is 12.0. The Morgan fingerprint density at radius 1 is 1.11 bits per heavy atom. The first-order chi connectivity index (χ1) is 9.16. The molecule has 2 aromatic rings. The number of nitrogens with zero attached hydrogens (tertiary/aromatic N) is 1. The van der Waals surface area contributed by atoms with Gasteiger partial charge < -0.3 is 0 Å². The number of halogens is 1. The van der Waals surface area contributed by atoms with E-state index in [0.29, 0.717) is 5.02 Å². The quantitative estimate of drug-likeness (QED) is 0.696. The molecule has 0 fully saturated rings. The predicted octanol–water partition coefficient (Wildman–Crippen LogP) is 4.34. The second kappa shape index (κ2) is 4.56. The summed E-state index contributed by atoms with van der Waals surface area (Å²) in [5, 5.41) is 0.666. The summed E-state index contributed by atoms with van der Waals surface area (Å²) in [4.78, 5) is 13.4. The lowest BCUT2D eigenvalue weighted by atomic mass is 9.99. The number of carbonyl (C=O) groups is 1. The molecule has 1 heterocycles. The topological polar surface area (TPSA) is 20.3 Å². The second-order valence-electron chi connectivity index (χ2n) is 4.45. The molecule has 2 nitrogen and oxygen atoms in total. The number of carbonyl (C=O) groups excluding carboxylic acids is 1. The SMILES string of the molecule is CC(=O)N1C=Cc2ccccc2-c2cc(Cl)ccc21. The molecule has 94 valence electrons. The van der Waals surface area contributed by atoms with Crippen molar-refractivity contribution in [3.8, 4) is 11.1 Å². The lowest BCUT2D eigenvalue weighted by Crippen LogP contribution is -2.21. The Kier molecular flexibility index (Phi) is 2.88. The van der Waals surface area contributed by atoms with Crippen molar-refractivity contribution >= 4 is 29.3 Å². The molecule has 0 atom stereocenters. The van der Waals surface area contributed by atoms with Crippen molar-refractivity contribution in [1.82, 2.24) is 0 Å². The summed E-state index contributed by atoms with van der Waals surface area (Å²) < 4.78 is 0. The molecule has 0 bridgehead atoms. The van der Waals surface area contributed by atoms with E-state index in [1.807, 2.05) is 42.5 Å². The predicted molar refractivity (Wildman–Crippen MR) is 79.1 cm³/mol. The van der Waals surface area contributed by atoms with E-state index in [1.165, 1.54) is 0 Å². The number of fused-ring (bicyclic) bond motifs is 3. The molecule has 3 rings (SSSR count). The van der Waals surface area contributed by atoms with E-state index in [1.54, 1.807) is 24.1 Å². The molecule has 0 saturated carbocycles. The molecule has 0 spiro atoms. The number of hydrogen-bond acceptors (Lipinski definition) is 1. The monoisotopic (exact) mass is 269 g/mol. The highest BCUT2D eigenvalue weighted by Gasteiger charge is 2.18. The normalized spacial score (nSPS) is 12.6. The molecule has 0 unspecified atom stereocenters. The number of rotatable bonds is 0. The fourth-order valence-electron chi connectivity index (χ4n) is 2.33. The third-order valence-corrected chi connectivity index (χ3v) is 3.45. The first-order valence-corrected chi connectivity index (χ1v) is 6.41. The lowest BCUT2D eigenvalue weighted by molar-refractivity contribution is -0.115. The van der Waals surface area contributed by atoms with Gasteiger partial charge in [-0.3, -0.25) is 9.69 Å². The van der Waals surface area contributed by atoms with Crippen LogP contribution in [0.5, 0.6) is 0 Å². The van der Waals surface area contributed by atoms with Crippen molar-refractivity contribution in [2.75, 3.05) is 4.90 Å². The third kappa shape index (κ3) is 2.04. The Balaban J connectivity index is 2.33. The average Bonchev–Trinajstić information content (AvgIpc) is 2.55. The van der Waals surface area contributed by atoms with E-state index >= 15 is 0 Å². The number of hydrogen-bond donors (Lipinski definition) is 0. The van der Waals surface area contributed by atoms with E-state index in [9.17, 15) is 4.79 Å². The van der Waals surface area contributed by atoms with Gasteiger partial charge in [0.25, 0.3) is 0 Å². The summed E-state index contributed by atoms with van der Waals surface area (Å²) in [7, 11) is 0. The number of benzene rings is 2. The van der Waals surface area contributed by atoms with Crippen LogP contribution in [0.2, 0.25) is 5.02 Å². The summed E-state index contributed by atoms with van der Waals surface area (Å²) in [5.74, 6) is -0.0207.